The molecule has 1 aromatic carbocycles. The minimum Gasteiger partial charge on any atom is -0.302 e. The van der Waals surface area contributed by atoms with Crippen LogP contribution in [0.25, 0.3) is 21.3 Å². The van der Waals surface area contributed by atoms with Crippen LogP contribution < -0.4 is 10.9 Å². The molecule has 0 saturated heterocycles. The van der Waals surface area contributed by atoms with Crippen molar-refractivity contribution in [3.8, 4) is 11.1 Å². The van der Waals surface area contributed by atoms with E-state index in [1.807, 2.05) is 37.3 Å². The number of likely N-dealkylation sites (N-methyl/N-ethyl adjacent to an activating group) is 1. The summed E-state index contributed by atoms with van der Waals surface area (Å²) in [5, 5.41) is 4.16. The van der Waals surface area contributed by atoms with Gasteiger partial charge in [0.25, 0.3) is 5.56 Å². The molecule has 1 aliphatic rings. The van der Waals surface area contributed by atoms with E-state index in [9.17, 15) is 9.59 Å². The second kappa shape index (κ2) is 8.57. The van der Waals surface area contributed by atoms with Gasteiger partial charge < -0.3 is 10.2 Å². The summed E-state index contributed by atoms with van der Waals surface area (Å²) in [6.45, 7) is 4.13. The Morgan fingerprint density at radius 2 is 2.03 bits per heavy atom. The quantitative estimate of drug-likeness (QED) is 0.483. The van der Waals surface area contributed by atoms with E-state index in [4.69, 9.17) is 0 Å². The summed E-state index contributed by atoms with van der Waals surface area (Å²) in [4.78, 5) is 40.1. The maximum Gasteiger partial charge on any atom is 0.262 e. The molecular weight excluding hydrogens is 442 g/mol. The van der Waals surface area contributed by atoms with Crippen LogP contribution in [-0.2, 0) is 24.3 Å². The van der Waals surface area contributed by atoms with E-state index in [0.29, 0.717) is 10.5 Å². The molecule has 1 aliphatic heterocycles. The first kappa shape index (κ1) is 21.0. The number of rotatable bonds is 5. The number of carbonyl (C=O) groups is 1. The summed E-state index contributed by atoms with van der Waals surface area (Å²) >= 11 is 3.05. The fourth-order valence-corrected chi connectivity index (χ4v) is 6.14. The Hall–Kier alpha value is -2.88. The predicted molar refractivity (Wildman–Crippen MR) is 129 cm³/mol. The maximum atomic E-state index is 13.3. The molecule has 164 valence electrons. The van der Waals surface area contributed by atoms with E-state index < -0.39 is 0 Å². The van der Waals surface area contributed by atoms with Gasteiger partial charge in [0.1, 0.15) is 4.83 Å². The summed E-state index contributed by atoms with van der Waals surface area (Å²) in [6, 6.07) is 9.89. The lowest BCUT2D eigenvalue weighted by molar-refractivity contribution is -0.116. The van der Waals surface area contributed by atoms with Gasteiger partial charge in [-0.25, -0.2) is 9.97 Å². The van der Waals surface area contributed by atoms with Gasteiger partial charge in [-0.1, -0.05) is 30.3 Å². The van der Waals surface area contributed by atoms with Gasteiger partial charge in [-0.2, -0.15) is 0 Å². The minimum absolute atomic E-state index is 0.112. The zero-order chi connectivity index (χ0) is 22.2. The monoisotopic (exact) mass is 465 g/mol. The summed E-state index contributed by atoms with van der Waals surface area (Å²) in [5.74, 6) is -0.152. The number of thiazole rings is 1. The predicted octanol–water partition coefficient (Wildman–Crippen LogP) is 3.91. The van der Waals surface area contributed by atoms with Gasteiger partial charge >= 0.3 is 0 Å². The minimum atomic E-state index is -0.152. The summed E-state index contributed by atoms with van der Waals surface area (Å²) in [5.41, 5.74) is 2.90. The smallest absolute Gasteiger partial charge is 0.262 e. The van der Waals surface area contributed by atoms with Gasteiger partial charge in [0.05, 0.1) is 17.4 Å². The molecular formula is C23H23N5O2S2. The standard InChI is InChI=1S/C23H23N5O2S2/c1-14-19(15-6-4-3-5-7-15)20-21(31-14)24-13-28(22(20)30)11-9-18(29)26-23-25-16-8-10-27(2)12-17(16)32-23/h3-7,13H,8-12H2,1-2H3,(H,25,26,29). The van der Waals surface area contributed by atoms with Crippen molar-refractivity contribution >= 4 is 43.9 Å². The normalized spacial score (nSPS) is 13.9. The molecule has 4 heterocycles. The number of anilines is 1. The van der Waals surface area contributed by atoms with Crippen LogP contribution in [0.5, 0.6) is 0 Å². The molecule has 0 atom stereocenters. The molecule has 1 amide bonds. The van der Waals surface area contributed by atoms with E-state index in [-0.39, 0.29) is 24.4 Å². The van der Waals surface area contributed by atoms with E-state index in [2.05, 4.69) is 27.2 Å². The molecule has 5 rings (SSSR count). The van der Waals surface area contributed by atoms with Crippen LogP contribution in [0.1, 0.15) is 21.9 Å². The number of carbonyl (C=O) groups excluding carboxylic acids is 1. The Bertz CT molecular complexity index is 1360. The molecule has 0 spiro atoms. The number of fused-ring (bicyclic) bond motifs is 2. The molecule has 0 aliphatic carbocycles. The molecule has 7 nitrogen and oxygen atoms in total. The van der Waals surface area contributed by atoms with Gasteiger partial charge in [-0.15, -0.1) is 22.7 Å². The van der Waals surface area contributed by atoms with Gasteiger partial charge in [0.2, 0.25) is 5.91 Å². The van der Waals surface area contributed by atoms with Gasteiger partial charge in [0.15, 0.2) is 5.13 Å². The van der Waals surface area contributed by atoms with Crippen LogP contribution in [0, 0.1) is 6.92 Å². The molecule has 3 aromatic heterocycles. The Balaban J connectivity index is 1.34. The molecule has 0 bridgehead atoms. The number of nitrogens with zero attached hydrogens (tertiary/aromatic N) is 4. The van der Waals surface area contributed by atoms with Crippen molar-refractivity contribution < 1.29 is 4.79 Å². The van der Waals surface area contributed by atoms with Crippen molar-refractivity contribution in [1.82, 2.24) is 19.4 Å². The van der Waals surface area contributed by atoms with Crippen molar-refractivity contribution in [2.75, 3.05) is 18.9 Å². The zero-order valence-corrected chi connectivity index (χ0v) is 19.6. The Morgan fingerprint density at radius 3 is 2.84 bits per heavy atom. The number of thiophene rings is 1. The van der Waals surface area contributed by atoms with Crippen LogP contribution in [-0.4, -0.2) is 38.9 Å². The molecule has 0 unspecified atom stereocenters. The number of hydrogen-bond acceptors (Lipinski definition) is 7. The molecule has 0 radical (unpaired) electrons. The number of aryl methyl sites for hydroxylation is 2. The third-order valence-corrected chi connectivity index (χ3v) is 7.68. The average molecular weight is 466 g/mol. The maximum absolute atomic E-state index is 13.3. The number of aromatic nitrogens is 3. The second-order valence-corrected chi connectivity index (χ2v) is 10.3. The van der Waals surface area contributed by atoms with Crippen molar-refractivity contribution in [2.45, 2.75) is 32.9 Å². The molecule has 0 fully saturated rings. The molecule has 0 saturated carbocycles. The first-order chi connectivity index (χ1) is 15.5. The van der Waals surface area contributed by atoms with Crippen molar-refractivity contribution in [1.29, 1.82) is 0 Å². The fourth-order valence-electron chi connectivity index (χ4n) is 4.03. The van der Waals surface area contributed by atoms with Crippen LogP contribution >= 0.6 is 22.7 Å². The fraction of sp³-hybridized carbons (Fsp3) is 0.304. The lowest BCUT2D eigenvalue weighted by Crippen LogP contribution is -2.25. The lowest BCUT2D eigenvalue weighted by Gasteiger charge is -2.20. The van der Waals surface area contributed by atoms with Crippen molar-refractivity contribution in [2.24, 2.45) is 0 Å². The third kappa shape index (κ3) is 3.99. The number of nitrogens with one attached hydrogen (secondary N) is 1. The van der Waals surface area contributed by atoms with Crippen molar-refractivity contribution in [3.05, 3.63) is 62.5 Å². The summed E-state index contributed by atoms with van der Waals surface area (Å²) in [7, 11) is 2.09. The molecule has 1 N–H and O–H groups in total. The van der Waals surface area contributed by atoms with E-state index in [0.717, 1.165) is 46.0 Å². The SMILES string of the molecule is Cc1sc2ncn(CCC(=O)Nc3nc4c(s3)CN(C)CC4)c(=O)c2c1-c1ccccc1. The molecule has 9 heteroatoms. The van der Waals surface area contributed by atoms with Crippen LogP contribution in [0.15, 0.2) is 41.5 Å². The lowest BCUT2D eigenvalue weighted by atomic mass is 10.0. The Labute approximate surface area is 193 Å². The number of benzene rings is 1. The Kier molecular flexibility index (Phi) is 5.62. The molecule has 32 heavy (non-hydrogen) atoms. The summed E-state index contributed by atoms with van der Waals surface area (Å²) in [6.07, 6.45) is 2.63. The number of amides is 1. The van der Waals surface area contributed by atoms with Gasteiger partial charge in [-0.3, -0.25) is 14.2 Å². The largest absolute Gasteiger partial charge is 0.302 e. The van der Waals surface area contributed by atoms with E-state index in [1.54, 1.807) is 6.33 Å². The van der Waals surface area contributed by atoms with Gasteiger partial charge in [-0.05, 0) is 19.5 Å². The number of hydrogen-bond donors (Lipinski definition) is 1. The highest BCUT2D eigenvalue weighted by atomic mass is 32.1. The first-order valence-electron chi connectivity index (χ1n) is 10.5. The summed E-state index contributed by atoms with van der Waals surface area (Å²) < 4.78 is 1.53. The zero-order valence-electron chi connectivity index (χ0n) is 17.9. The van der Waals surface area contributed by atoms with Gasteiger partial charge in [0, 0.05) is 47.8 Å². The van der Waals surface area contributed by atoms with Crippen LogP contribution in [0.3, 0.4) is 0 Å². The Morgan fingerprint density at radius 1 is 1.22 bits per heavy atom. The highest BCUT2D eigenvalue weighted by molar-refractivity contribution is 7.19. The topological polar surface area (TPSA) is 80.1 Å². The van der Waals surface area contributed by atoms with Crippen LogP contribution in [0.4, 0.5) is 5.13 Å². The average Bonchev–Trinajstić information content (AvgIpc) is 3.33. The highest BCUT2D eigenvalue weighted by Gasteiger charge is 2.20. The van der Waals surface area contributed by atoms with Crippen LogP contribution in [0.2, 0.25) is 0 Å². The highest BCUT2D eigenvalue weighted by Crippen LogP contribution is 2.35. The third-order valence-electron chi connectivity index (χ3n) is 5.67. The first-order valence-corrected chi connectivity index (χ1v) is 12.1. The second-order valence-electron chi connectivity index (χ2n) is 8.00. The van der Waals surface area contributed by atoms with E-state index >= 15 is 0 Å². The van der Waals surface area contributed by atoms with Crippen molar-refractivity contribution in [3.63, 3.8) is 0 Å². The van der Waals surface area contributed by atoms with E-state index in [1.165, 1.54) is 32.1 Å². The molecule has 4 aromatic rings.